The molecule has 1 aromatic carbocycles. The Hall–Kier alpha value is -2.24. The first-order valence-corrected chi connectivity index (χ1v) is 7.56. The Morgan fingerprint density at radius 2 is 2.00 bits per heavy atom. The van der Waals surface area contributed by atoms with Gasteiger partial charge in [0.15, 0.2) is 0 Å². The minimum Gasteiger partial charge on any atom is -0.326 e. The molecule has 1 aromatic heterocycles. The number of alkyl halides is 3. The lowest BCUT2D eigenvalue weighted by molar-refractivity contribution is -0.188. The van der Waals surface area contributed by atoms with Gasteiger partial charge in [-0.05, 0) is 31.4 Å². The summed E-state index contributed by atoms with van der Waals surface area (Å²) in [6.45, 7) is 2.06. The van der Waals surface area contributed by atoms with Crippen LogP contribution in [-0.4, -0.2) is 28.1 Å². The van der Waals surface area contributed by atoms with Gasteiger partial charge >= 0.3 is 12.1 Å². The Morgan fingerprint density at radius 3 is 2.74 bits per heavy atom. The zero-order valence-electron chi connectivity index (χ0n) is 12.5. The fourth-order valence-corrected chi connectivity index (χ4v) is 3.87. The van der Waals surface area contributed by atoms with Crippen LogP contribution in [0, 0.1) is 0 Å². The quantitative estimate of drug-likeness (QED) is 0.723. The molecule has 0 spiro atoms. The van der Waals surface area contributed by atoms with Crippen LogP contribution in [0.2, 0.25) is 0 Å². The maximum atomic E-state index is 12.9. The number of carbonyl (C=O) groups is 1. The number of benzene rings is 1. The second-order valence-electron chi connectivity index (χ2n) is 6.06. The van der Waals surface area contributed by atoms with Gasteiger partial charge in [-0.15, -0.1) is 0 Å². The van der Waals surface area contributed by atoms with Crippen LogP contribution in [0.25, 0.3) is 16.6 Å². The SMILES string of the molecule is CC1=CCC2c3c(c4ccccc4n31)CCN2C(=O)C(F)(F)F. The highest BCUT2D eigenvalue weighted by molar-refractivity contribution is 5.91. The lowest BCUT2D eigenvalue weighted by atomic mass is 9.93. The molecule has 120 valence electrons. The van der Waals surface area contributed by atoms with E-state index in [0.29, 0.717) is 12.8 Å². The number of carbonyl (C=O) groups excluding carboxylic acids is 1. The largest absolute Gasteiger partial charge is 0.471 e. The van der Waals surface area contributed by atoms with Gasteiger partial charge in [0.1, 0.15) is 0 Å². The Kier molecular flexibility index (Phi) is 2.89. The monoisotopic (exact) mass is 320 g/mol. The van der Waals surface area contributed by atoms with E-state index in [0.717, 1.165) is 32.8 Å². The Bertz CT molecular complexity index is 847. The van der Waals surface area contributed by atoms with Gasteiger partial charge < -0.3 is 9.47 Å². The van der Waals surface area contributed by atoms with E-state index in [1.54, 1.807) is 0 Å². The summed E-state index contributed by atoms with van der Waals surface area (Å²) in [4.78, 5) is 12.8. The van der Waals surface area contributed by atoms with Crippen LogP contribution in [0.15, 0.2) is 30.3 Å². The summed E-state index contributed by atoms with van der Waals surface area (Å²) < 4.78 is 40.7. The number of nitrogens with zero attached hydrogens (tertiary/aromatic N) is 2. The second-order valence-corrected chi connectivity index (χ2v) is 6.06. The highest BCUT2D eigenvalue weighted by Crippen LogP contribution is 2.44. The van der Waals surface area contributed by atoms with E-state index in [4.69, 9.17) is 0 Å². The van der Waals surface area contributed by atoms with Crippen LogP contribution in [0.1, 0.15) is 30.6 Å². The van der Waals surface area contributed by atoms with Crippen LogP contribution in [0.5, 0.6) is 0 Å². The standard InChI is InChI=1S/C17H15F3N2O/c1-10-6-7-14-15-12(8-9-21(14)16(23)17(18,19)20)11-4-2-3-5-13(11)22(10)15/h2-6,14H,7-9H2,1H3. The van der Waals surface area contributed by atoms with E-state index >= 15 is 0 Å². The van der Waals surface area contributed by atoms with Gasteiger partial charge in [0, 0.05) is 23.3 Å². The van der Waals surface area contributed by atoms with Crippen molar-refractivity contribution >= 4 is 22.5 Å². The summed E-state index contributed by atoms with van der Waals surface area (Å²) in [5.41, 5.74) is 3.91. The predicted octanol–water partition coefficient (Wildman–Crippen LogP) is 3.89. The minimum atomic E-state index is -4.83. The van der Waals surface area contributed by atoms with Crippen LogP contribution in [0.4, 0.5) is 13.2 Å². The molecule has 0 radical (unpaired) electrons. The molecule has 0 N–H and O–H groups in total. The summed E-state index contributed by atoms with van der Waals surface area (Å²) in [5.74, 6) is -1.74. The average Bonchev–Trinajstić information content (AvgIpc) is 2.86. The van der Waals surface area contributed by atoms with Crippen molar-refractivity contribution in [3.63, 3.8) is 0 Å². The summed E-state index contributed by atoms with van der Waals surface area (Å²) in [5, 5.41) is 1.07. The number of amides is 1. The minimum absolute atomic E-state index is 0.108. The highest BCUT2D eigenvalue weighted by Gasteiger charge is 2.47. The molecule has 0 saturated carbocycles. The Labute approximate surface area is 131 Å². The molecule has 3 nitrogen and oxygen atoms in total. The third-order valence-electron chi connectivity index (χ3n) is 4.81. The van der Waals surface area contributed by atoms with Gasteiger partial charge in [0.05, 0.1) is 11.6 Å². The lowest BCUT2D eigenvalue weighted by Crippen LogP contribution is -2.47. The number of para-hydroxylation sites is 1. The van der Waals surface area contributed by atoms with Crippen molar-refractivity contribution < 1.29 is 18.0 Å². The number of rotatable bonds is 0. The number of halogens is 3. The van der Waals surface area contributed by atoms with Gasteiger partial charge in [-0.3, -0.25) is 4.79 Å². The third kappa shape index (κ3) is 1.93. The van der Waals surface area contributed by atoms with Gasteiger partial charge in [0.2, 0.25) is 0 Å². The predicted molar refractivity (Wildman–Crippen MR) is 80.7 cm³/mol. The van der Waals surface area contributed by atoms with E-state index in [-0.39, 0.29) is 6.54 Å². The molecule has 2 aliphatic rings. The van der Waals surface area contributed by atoms with Crippen LogP contribution in [-0.2, 0) is 11.2 Å². The molecule has 6 heteroatoms. The molecule has 0 saturated heterocycles. The molecule has 2 aromatic rings. The van der Waals surface area contributed by atoms with Crippen LogP contribution in [0.3, 0.4) is 0 Å². The van der Waals surface area contributed by atoms with Crippen molar-refractivity contribution in [2.45, 2.75) is 32.0 Å². The zero-order valence-corrected chi connectivity index (χ0v) is 12.5. The van der Waals surface area contributed by atoms with Gasteiger partial charge in [0.25, 0.3) is 0 Å². The highest BCUT2D eigenvalue weighted by atomic mass is 19.4. The molecule has 23 heavy (non-hydrogen) atoms. The van der Waals surface area contributed by atoms with Crippen molar-refractivity contribution in [3.8, 4) is 0 Å². The van der Waals surface area contributed by atoms with Gasteiger partial charge in [-0.25, -0.2) is 0 Å². The summed E-state index contributed by atoms with van der Waals surface area (Å²) in [6.07, 6.45) is -2.04. The van der Waals surface area contributed by atoms with Crippen molar-refractivity contribution in [2.24, 2.45) is 0 Å². The topological polar surface area (TPSA) is 25.2 Å². The smallest absolute Gasteiger partial charge is 0.326 e. The number of fused-ring (bicyclic) bond motifs is 3. The number of aromatic nitrogens is 1. The van der Waals surface area contributed by atoms with Crippen molar-refractivity contribution in [3.05, 3.63) is 41.6 Å². The fraction of sp³-hybridized carbons (Fsp3) is 0.353. The summed E-state index contributed by atoms with van der Waals surface area (Å²) in [6, 6.07) is 7.30. The van der Waals surface area contributed by atoms with Crippen molar-refractivity contribution in [2.75, 3.05) is 6.54 Å². The summed E-state index contributed by atoms with van der Waals surface area (Å²) in [7, 11) is 0. The lowest BCUT2D eigenvalue weighted by Gasteiger charge is -2.39. The number of allylic oxidation sites excluding steroid dienone is 1. The molecular weight excluding hydrogens is 305 g/mol. The molecule has 1 unspecified atom stereocenters. The van der Waals surface area contributed by atoms with E-state index in [9.17, 15) is 18.0 Å². The average molecular weight is 320 g/mol. The van der Waals surface area contributed by atoms with E-state index in [1.807, 2.05) is 41.8 Å². The first-order chi connectivity index (χ1) is 10.9. The third-order valence-corrected chi connectivity index (χ3v) is 4.81. The second kappa shape index (κ2) is 4.63. The fourth-order valence-electron chi connectivity index (χ4n) is 3.87. The molecule has 1 amide bonds. The maximum absolute atomic E-state index is 12.9. The first-order valence-electron chi connectivity index (χ1n) is 7.56. The number of hydrogen-bond acceptors (Lipinski definition) is 1. The zero-order chi connectivity index (χ0) is 16.4. The van der Waals surface area contributed by atoms with Crippen molar-refractivity contribution in [1.29, 1.82) is 0 Å². The number of hydrogen-bond donors (Lipinski definition) is 0. The Balaban J connectivity index is 1.93. The normalized spacial score (nSPS) is 20.4. The molecule has 4 rings (SSSR count). The molecule has 0 bridgehead atoms. The van der Waals surface area contributed by atoms with Gasteiger partial charge in [-0.2, -0.15) is 13.2 Å². The molecular formula is C17H15F3N2O. The maximum Gasteiger partial charge on any atom is 0.471 e. The molecule has 3 heterocycles. The molecule has 0 fully saturated rings. The van der Waals surface area contributed by atoms with Crippen LogP contribution < -0.4 is 0 Å². The van der Waals surface area contributed by atoms with Crippen molar-refractivity contribution in [1.82, 2.24) is 9.47 Å². The summed E-state index contributed by atoms with van der Waals surface area (Å²) >= 11 is 0. The van der Waals surface area contributed by atoms with E-state index in [2.05, 4.69) is 0 Å². The molecule has 0 aliphatic carbocycles. The van der Waals surface area contributed by atoms with E-state index in [1.165, 1.54) is 0 Å². The molecule has 1 atom stereocenters. The Morgan fingerprint density at radius 1 is 1.26 bits per heavy atom. The molecule has 2 aliphatic heterocycles. The van der Waals surface area contributed by atoms with Crippen LogP contribution >= 0.6 is 0 Å². The van der Waals surface area contributed by atoms with Gasteiger partial charge in [-0.1, -0.05) is 24.3 Å². The first kappa shape index (κ1) is 14.4. The van der Waals surface area contributed by atoms with E-state index < -0.39 is 18.1 Å².